The Hall–Kier alpha value is -3.36. The topological polar surface area (TPSA) is 95.1 Å². The number of halogens is 2. The van der Waals surface area contributed by atoms with E-state index < -0.39 is 11.6 Å². The highest BCUT2D eigenvalue weighted by molar-refractivity contribution is 5.60. The van der Waals surface area contributed by atoms with Crippen LogP contribution in [0.5, 0.6) is 0 Å². The van der Waals surface area contributed by atoms with E-state index in [9.17, 15) is 8.78 Å². The molecule has 0 aliphatic rings. The van der Waals surface area contributed by atoms with Crippen molar-refractivity contribution in [2.45, 2.75) is 0 Å². The molecule has 4 rings (SSSR count). The predicted octanol–water partition coefficient (Wildman–Crippen LogP) is 2.31. The standard InChI is InChI=1S/C14H8F2N6O/c15-8-4-7(5-9(16)6-8)11-18-13(17)22-14(19-11)20-12(21-22)10-2-1-3-23-10/h1-6H,(H2,17,18,19,20,21). The molecule has 0 spiro atoms. The van der Waals surface area contributed by atoms with Crippen molar-refractivity contribution in [1.82, 2.24) is 24.6 Å². The van der Waals surface area contributed by atoms with Crippen LogP contribution in [-0.2, 0) is 0 Å². The van der Waals surface area contributed by atoms with Gasteiger partial charge in [0.1, 0.15) is 11.6 Å². The van der Waals surface area contributed by atoms with Gasteiger partial charge < -0.3 is 10.2 Å². The van der Waals surface area contributed by atoms with Crippen LogP contribution >= 0.6 is 0 Å². The molecule has 4 aromatic rings. The summed E-state index contributed by atoms with van der Waals surface area (Å²) in [6.07, 6.45) is 1.48. The average molecular weight is 314 g/mol. The van der Waals surface area contributed by atoms with E-state index in [1.165, 1.54) is 10.8 Å². The first-order valence-electron chi connectivity index (χ1n) is 6.51. The van der Waals surface area contributed by atoms with Gasteiger partial charge in [-0.15, -0.1) is 5.10 Å². The molecule has 0 fully saturated rings. The first-order chi connectivity index (χ1) is 11.1. The molecule has 9 heteroatoms. The molecule has 1 aromatic carbocycles. The Morgan fingerprint density at radius 2 is 1.74 bits per heavy atom. The second-order valence-corrected chi connectivity index (χ2v) is 4.69. The molecule has 0 saturated heterocycles. The number of hydrogen-bond donors (Lipinski definition) is 1. The SMILES string of the molecule is Nc1nc(-c2cc(F)cc(F)c2)nc2nc(-c3ccco3)nn12. The maximum absolute atomic E-state index is 13.3. The molecule has 7 nitrogen and oxygen atoms in total. The third-order valence-corrected chi connectivity index (χ3v) is 3.10. The number of nitrogens with two attached hydrogens (primary N) is 1. The molecule has 0 bridgehead atoms. The highest BCUT2D eigenvalue weighted by Crippen LogP contribution is 2.21. The second-order valence-electron chi connectivity index (χ2n) is 4.69. The summed E-state index contributed by atoms with van der Waals surface area (Å²) in [7, 11) is 0. The quantitative estimate of drug-likeness (QED) is 0.610. The minimum Gasteiger partial charge on any atom is -0.461 e. The summed E-state index contributed by atoms with van der Waals surface area (Å²) in [4.78, 5) is 12.3. The lowest BCUT2D eigenvalue weighted by Gasteiger charge is -2.03. The molecule has 3 aromatic heterocycles. The van der Waals surface area contributed by atoms with E-state index in [0.29, 0.717) is 5.76 Å². The first kappa shape index (κ1) is 13.3. The minimum atomic E-state index is -0.736. The van der Waals surface area contributed by atoms with Crippen LogP contribution in [0.25, 0.3) is 28.8 Å². The van der Waals surface area contributed by atoms with Crippen LogP contribution in [0, 0.1) is 11.6 Å². The van der Waals surface area contributed by atoms with E-state index in [2.05, 4.69) is 20.1 Å². The molecule has 0 aliphatic carbocycles. The predicted molar refractivity (Wildman–Crippen MR) is 76.0 cm³/mol. The van der Waals surface area contributed by atoms with Crippen molar-refractivity contribution in [3.63, 3.8) is 0 Å². The third-order valence-electron chi connectivity index (χ3n) is 3.10. The second kappa shape index (κ2) is 4.83. The van der Waals surface area contributed by atoms with Crippen LogP contribution in [0.1, 0.15) is 0 Å². The van der Waals surface area contributed by atoms with Crippen LogP contribution in [0.15, 0.2) is 41.0 Å². The molecule has 23 heavy (non-hydrogen) atoms. The van der Waals surface area contributed by atoms with Gasteiger partial charge in [0.2, 0.25) is 11.8 Å². The summed E-state index contributed by atoms with van der Waals surface area (Å²) in [5, 5.41) is 4.14. The van der Waals surface area contributed by atoms with Gasteiger partial charge in [0.25, 0.3) is 5.78 Å². The molecule has 0 unspecified atom stereocenters. The van der Waals surface area contributed by atoms with Gasteiger partial charge in [-0.3, -0.25) is 0 Å². The number of rotatable bonds is 2. The zero-order chi connectivity index (χ0) is 16.0. The molecule has 0 amide bonds. The molecular weight excluding hydrogens is 306 g/mol. The van der Waals surface area contributed by atoms with Gasteiger partial charge in [0.15, 0.2) is 11.6 Å². The van der Waals surface area contributed by atoms with Gasteiger partial charge in [-0.1, -0.05) is 0 Å². The number of nitrogen functional groups attached to an aromatic ring is 1. The summed E-state index contributed by atoms with van der Waals surface area (Å²) in [5.41, 5.74) is 5.98. The summed E-state index contributed by atoms with van der Waals surface area (Å²) in [6.45, 7) is 0. The van der Waals surface area contributed by atoms with Gasteiger partial charge in [0.05, 0.1) is 6.26 Å². The number of benzene rings is 1. The number of aromatic nitrogens is 5. The molecule has 0 saturated carbocycles. The normalized spacial score (nSPS) is 11.2. The molecule has 0 aliphatic heterocycles. The maximum Gasteiger partial charge on any atom is 0.258 e. The summed E-state index contributed by atoms with van der Waals surface area (Å²) < 4.78 is 33.1. The van der Waals surface area contributed by atoms with E-state index in [4.69, 9.17) is 10.2 Å². The van der Waals surface area contributed by atoms with E-state index in [1.54, 1.807) is 12.1 Å². The Kier molecular flexibility index (Phi) is 2.80. The fourth-order valence-corrected chi connectivity index (χ4v) is 2.13. The molecule has 3 heterocycles. The van der Waals surface area contributed by atoms with Gasteiger partial charge in [-0.25, -0.2) is 8.78 Å². The van der Waals surface area contributed by atoms with Crippen molar-refractivity contribution in [1.29, 1.82) is 0 Å². The monoisotopic (exact) mass is 314 g/mol. The highest BCUT2D eigenvalue weighted by atomic mass is 19.1. The van der Waals surface area contributed by atoms with Crippen LogP contribution in [0.3, 0.4) is 0 Å². The van der Waals surface area contributed by atoms with Crippen molar-refractivity contribution < 1.29 is 13.2 Å². The van der Waals surface area contributed by atoms with E-state index >= 15 is 0 Å². The number of hydrogen-bond acceptors (Lipinski definition) is 6. The first-order valence-corrected chi connectivity index (χ1v) is 6.51. The lowest BCUT2D eigenvalue weighted by molar-refractivity contribution is 0.577. The zero-order valence-corrected chi connectivity index (χ0v) is 11.4. The summed E-state index contributed by atoms with van der Waals surface area (Å²) in [6, 6.07) is 6.35. The fourth-order valence-electron chi connectivity index (χ4n) is 2.13. The van der Waals surface area contributed by atoms with E-state index in [-0.39, 0.29) is 28.9 Å². The number of furan rings is 1. The Morgan fingerprint density at radius 1 is 1.00 bits per heavy atom. The number of anilines is 1. The van der Waals surface area contributed by atoms with E-state index in [1.807, 2.05) is 0 Å². The number of fused-ring (bicyclic) bond motifs is 1. The summed E-state index contributed by atoms with van der Waals surface area (Å²) in [5.74, 6) is -0.582. The van der Waals surface area contributed by atoms with Crippen molar-refractivity contribution in [3.8, 4) is 23.0 Å². The van der Waals surface area contributed by atoms with Crippen LogP contribution < -0.4 is 5.73 Å². The number of nitrogens with zero attached hydrogens (tertiary/aromatic N) is 5. The molecule has 114 valence electrons. The Bertz CT molecular complexity index is 991. The largest absolute Gasteiger partial charge is 0.461 e. The van der Waals surface area contributed by atoms with Crippen LogP contribution in [-0.4, -0.2) is 24.6 Å². The fraction of sp³-hybridized carbons (Fsp3) is 0. The molecule has 0 radical (unpaired) electrons. The van der Waals surface area contributed by atoms with Crippen molar-refractivity contribution in [2.75, 3.05) is 5.73 Å². The minimum absolute atomic E-state index is 0.0139. The highest BCUT2D eigenvalue weighted by Gasteiger charge is 2.15. The van der Waals surface area contributed by atoms with Crippen LogP contribution in [0.4, 0.5) is 14.7 Å². The third kappa shape index (κ3) is 2.27. The lowest BCUT2D eigenvalue weighted by Crippen LogP contribution is -2.05. The smallest absolute Gasteiger partial charge is 0.258 e. The van der Waals surface area contributed by atoms with Crippen molar-refractivity contribution >= 4 is 11.7 Å². The Morgan fingerprint density at radius 3 is 2.43 bits per heavy atom. The zero-order valence-electron chi connectivity index (χ0n) is 11.4. The Labute approximate surface area is 127 Å². The molecular formula is C14H8F2N6O. The van der Waals surface area contributed by atoms with Crippen molar-refractivity contribution in [2.24, 2.45) is 0 Å². The maximum atomic E-state index is 13.3. The van der Waals surface area contributed by atoms with Crippen molar-refractivity contribution in [3.05, 3.63) is 48.2 Å². The van der Waals surface area contributed by atoms with Crippen LogP contribution in [0.2, 0.25) is 0 Å². The van der Waals surface area contributed by atoms with E-state index in [0.717, 1.165) is 18.2 Å². The van der Waals surface area contributed by atoms with Gasteiger partial charge in [0, 0.05) is 11.6 Å². The van der Waals surface area contributed by atoms with Gasteiger partial charge in [-0.05, 0) is 24.3 Å². The molecule has 0 atom stereocenters. The average Bonchev–Trinajstić information content (AvgIpc) is 3.15. The summed E-state index contributed by atoms with van der Waals surface area (Å²) >= 11 is 0. The van der Waals surface area contributed by atoms with Gasteiger partial charge >= 0.3 is 0 Å². The lowest BCUT2D eigenvalue weighted by atomic mass is 10.2. The Balaban J connectivity index is 1.89. The molecule has 2 N–H and O–H groups in total. The van der Waals surface area contributed by atoms with Gasteiger partial charge in [-0.2, -0.15) is 19.5 Å².